The minimum absolute atomic E-state index is 0.131. The largest absolute Gasteiger partial charge is 0.483 e. The predicted molar refractivity (Wildman–Crippen MR) is 116 cm³/mol. The number of amides is 2. The van der Waals surface area contributed by atoms with E-state index in [0.717, 1.165) is 16.7 Å². The third-order valence-electron chi connectivity index (χ3n) is 4.91. The molecule has 0 spiro atoms. The summed E-state index contributed by atoms with van der Waals surface area (Å²) >= 11 is 5.97. The summed E-state index contributed by atoms with van der Waals surface area (Å²) in [4.78, 5) is 27.2. The SMILES string of the molecule is CCNC(=O)[C@H](CC)N(Cc1ccc(Cl)cc1)C(=O)COc1cccc(C)c1C. The van der Waals surface area contributed by atoms with E-state index in [1.807, 2.05) is 58.0 Å². The maximum Gasteiger partial charge on any atom is 0.261 e. The lowest BCUT2D eigenvalue weighted by molar-refractivity contribution is -0.142. The number of rotatable bonds is 9. The highest BCUT2D eigenvalue weighted by Gasteiger charge is 2.28. The molecular formula is C23H29ClN2O3. The number of carbonyl (C=O) groups is 2. The molecule has 29 heavy (non-hydrogen) atoms. The number of ether oxygens (including phenoxy) is 1. The molecular weight excluding hydrogens is 388 g/mol. The smallest absolute Gasteiger partial charge is 0.261 e. The van der Waals surface area contributed by atoms with Crippen molar-refractivity contribution in [2.45, 2.75) is 46.7 Å². The van der Waals surface area contributed by atoms with E-state index in [0.29, 0.717) is 30.3 Å². The number of benzene rings is 2. The highest BCUT2D eigenvalue weighted by atomic mass is 35.5. The molecule has 0 fully saturated rings. The second kappa shape index (κ2) is 10.9. The first-order valence-electron chi connectivity index (χ1n) is 9.88. The molecule has 0 aliphatic heterocycles. The van der Waals surface area contributed by atoms with Gasteiger partial charge in [-0.05, 0) is 62.1 Å². The van der Waals surface area contributed by atoms with Gasteiger partial charge in [-0.25, -0.2) is 0 Å². The van der Waals surface area contributed by atoms with Gasteiger partial charge < -0.3 is 15.0 Å². The predicted octanol–water partition coefficient (Wildman–Crippen LogP) is 4.28. The van der Waals surface area contributed by atoms with Crippen LogP contribution in [0.4, 0.5) is 0 Å². The van der Waals surface area contributed by atoms with Gasteiger partial charge >= 0.3 is 0 Å². The summed E-state index contributed by atoms with van der Waals surface area (Å²) < 4.78 is 5.81. The Labute approximate surface area is 178 Å². The van der Waals surface area contributed by atoms with Crippen LogP contribution < -0.4 is 10.1 Å². The Morgan fingerprint density at radius 1 is 1.10 bits per heavy atom. The Morgan fingerprint density at radius 3 is 2.41 bits per heavy atom. The molecule has 0 radical (unpaired) electrons. The van der Waals surface area contributed by atoms with Gasteiger partial charge in [-0.2, -0.15) is 0 Å². The summed E-state index contributed by atoms with van der Waals surface area (Å²) in [7, 11) is 0. The zero-order valence-electron chi connectivity index (χ0n) is 17.5. The molecule has 0 aliphatic carbocycles. The first kappa shape index (κ1) is 22.8. The summed E-state index contributed by atoms with van der Waals surface area (Å²) in [5.41, 5.74) is 3.00. The molecule has 5 nitrogen and oxygen atoms in total. The number of carbonyl (C=O) groups excluding carboxylic acids is 2. The van der Waals surface area contributed by atoms with E-state index in [1.165, 1.54) is 0 Å². The maximum atomic E-state index is 13.1. The van der Waals surface area contributed by atoms with Crippen LogP contribution in [0.5, 0.6) is 5.75 Å². The van der Waals surface area contributed by atoms with E-state index in [2.05, 4.69) is 5.32 Å². The van der Waals surface area contributed by atoms with Crippen molar-refractivity contribution < 1.29 is 14.3 Å². The number of hydrogen-bond acceptors (Lipinski definition) is 3. The van der Waals surface area contributed by atoms with Crippen LogP contribution in [0.2, 0.25) is 5.02 Å². The highest BCUT2D eigenvalue weighted by molar-refractivity contribution is 6.30. The topological polar surface area (TPSA) is 58.6 Å². The van der Waals surface area contributed by atoms with Crippen molar-refractivity contribution in [3.8, 4) is 5.75 Å². The van der Waals surface area contributed by atoms with Crippen LogP contribution >= 0.6 is 11.6 Å². The summed E-state index contributed by atoms with van der Waals surface area (Å²) in [6.45, 7) is 8.41. The van der Waals surface area contributed by atoms with Crippen LogP contribution in [0.15, 0.2) is 42.5 Å². The average Bonchev–Trinajstić information content (AvgIpc) is 2.70. The van der Waals surface area contributed by atoms with Crippen molar-refractivity contribution in [1.29, 1.82) is 0 Å². The number of nitrogens with zero attached hydrogens (tertiary/aromatic N) is 1. The Kier molecular flexibility index (Phi) is 8.52. The second-order valence-electron chi connectivity index (χ2n) is 6.95. The number of halogens is 1. The molecule has 0 saturated carbocycles. The molecule has 0 aromatic heterocycles. The minimum Gasteiger partial charge on any atom is -0.483 e. The molecule has 0 aliphatic rings. The lowest BCUT2D eigenvalue weighted by atomic mass is 10.1. The summed E-state index contributed by atoms with van der Waals surface area (Å²) in [5.74, 6) is 0.277. The molecule has 6 heteroatoms. The van der Waals surface area contributed by atoms with Crippen molar-refractivity contribution in [3.05, 3.63) is 64.2 Å². The molecule has 2 aromatic carbocycles. The van der Waals surface area contributed by atoms with E-state index < -0.39 is 6.04 Å². The first-order chi connectivity index (χ1) is 13.9. The van der Waals surface area contributed by atoms with E-state index >= 15 is 0 Å². The molecule has 0 heterocycles. The zero-order chi connectivity index (χ0) is 21.4. The van der Waals surface area contributed by atoms with E-state index in [1.54, 1.807) is 17.0 Å². The van der Waals surface area contributed by atoms with Crippen LogP contribution in [-0.4, -0.2) is 35.9 Å². The number of aryl methyl sites for hydroxylation is 1. The fraction of sp³-hybridized carbons (Fsp3) is 0.391. The molecule has 2 amide bonds. The minimum atomic E-state index is -0.569. The maximum absolute atomic E-state index is 13.1. The van der Waals surface area contributed by atoms with Gasteiger partial charge in [-0.15, -0.1) is 0 Å². The van der Waals surface area contributed by atoms with Crippen LogP contribution in [0.3, 0.4) is 0 Å². The van der Waals surface area contributed by atoms with Crippen LogP contribution in [0.1, 0.15) is 37.0 Å². The Bertz CT molecular complexity index is 837. The third kappa shape index (κ3) is 6.23. The molecule has 0 saturated heterocycles. The molecule has 0 bridgehead atoms. The number of likely N-dealkylation sites (N-methyl/N-ethyl adjacent to an activating group) is 1. The average molecular weight is 417 g/mol. The quantitative estimate of drug-likeness (QED) is 0.663. The van der Waals surface area contributed by atoms with Crippen LogP contribution in [0, 0.1) is 13.8 Å². The van der Waals surface area contributed by atoms with Gasteiger partial charge in [-0.3, -0.25) is 9.59 Å². The van der Waals surface area contributed by atoms with Crippen molar-refractivity contribution >= 4 is 23.4 Å². The Morgan fingerprint density at radius 2 is 1.79 bits per heavy atom. The fourth-order valence-corrected chi connectivity index (χ4v) is 3.23. The monoisotopic (exact) mass is 416 g/mol. The van der Waals surface area contributed by atoms with Gasteiger partial charge in [0.15, 0.2) is 6.61 Å². The van der Waals surface area contributed by atoms with Crippen molar-refractivity contribution in [1.82, 2.24) is 10.2 Å². The summed E-state index contributed by atoms with van der Waals surface area (Å²) in [6.07, 6.45) is 0.509. The van der Waals surface area contributed by atoms with Crippen LogP contribution in [0.25, 0.3) is 0 Å². The first-order valence-corrected chi connectivity index (χ1v) is 10.3. The van der Waals surface area contributed by atoms with Gasteiger partial charge in [0.2, 0.25) is 5.91 Å². The van der Waals surface area contributed by atoms with E-state index in [-0.39, 0.29) is 18.4 Å². The summed E-state index contributed by atoms with van der Waals surface area (Å²) in [6, 6.07) is 12.5. The van der Waals surface area contributed by atoms with Gasteiger partial charge in [0.25, 0.3) is 5.91 Å². The van der Waals surface area contributed by atoms with Gasteiger partial charge in [0, 0.05) is 18.1 Å². The highest BCUT2D eigenvalue weighted by Crippen LogP contribution is 2.21. The lowest BCUT2D eigenvalue weighted by Gasteiger charge is -2.30. The molecule has 0 unspecified atom stereocenters. The van der Waals surface area contributed by atoms with Gasteiger partial charge in [0.1, 0.15) is 11.8 Å². The van der Waals surface area contributed by atoms with Crippen LogP contribution in [-0.2, 0) is 16.1 Å². The third-order valence-corrected chi connectivity index (χ3v) is 5.16. The molecule has 2 aromatic rings. The van der Waals surface area contributed by atoms with Crippen molar-refractivity contribution in [3.63, 3.8) is 0 Å². The van der Waals surface area contributed by atoms with Gasteiger partial charge in [0.05, 0.1) is 0 Å². The van der Waals surface area contributed by atoms with E-state index in [4.69, 9.17) is 16.3 Å². The van der Waals surface area contributed by atoms with Gasteiger partial charge in [-0.1, -0.05) is 42.8 Å². The fourth-order valence-electron chi connectivity index (χ4n) is 3.10. The summed E-state index contributed by atoms with van der Waals surface area (Å²) in [5, 5.41) is 3.45. The number of nitrogens with one attached hydrogen (secondary N) is 1. The lowest BCUT2D eigenvalue weighted by Crippen LogP contribution is -2.50. The standard InChI is InChI=1S/C23H29ClN2O3/c1-5-20(23(28)25-6-2)26(14-18-10-12-19(24)13-11-18)22(27)15-29-21-9-7-8-16(3)17(21)4/h7-13,20H,5-6,14-15H2,1-4H3,(H,25,28)/t20-/m0/s1. The molecule has 1 atom stereocenters. The van der Waals surface area contributed by atoms with Crippen molar-refractivity contribution in [2.75, 3.05) is 13.2 Å². The second-order valence-corrected chi connectivity index (χ2v) is 7.39. The van der Waals surface area contributed by atoms with Crippen molar-refractivity contribution in [2.24, 2.45) is 0 Å². The Balaban J connectivity index is 2.21. The molecule has 156 valence electrons. The van der Waals surface area contributed by atoms with E-state index in [9.17, 15) is 9.59 Å². The normalized spacial score (nSPS) is 11.6. The molecule has 1 N–H and O–H groups in total. The zero-order valence-corrected chi connectivity index (χ0v) is 18.3. The Hall–Kier alpha value is -2.53. The number of hydrogen-bond donors (Lipinski definition) is 1. The molecule has 2 rings (SSSR count).